The lowest BCUT2D eigenvalue weighted by molar-refractivity contribution is -0.117. The summed E-state index contributed by atoms with van der Waals surface area (Å²) in [6, 6.07) is 5.73. The largest absolute Gasteiger partial charge is 0.376 e. The average Bonchev–Trinajstić information content (AvgIpc) is 3.43. The van der Waals surface area contributed by atoms with Crippen LogP contribution in [0.1, 0.15) is 55.3 Å². The van der Waals surface area contributed by atoms with Crippen molar-refractivity contribution in [2.24, 2.45) is 5.92 Å². The molecule has 1 unspecified atom stereocenters. The van der Waals surface area contributed by atoms with Gasteiger partial charge in [0.1, 0.15) is 0 Å². The van der Waals surface area contributed by atoms with Crippen molar-refractivity contribution in [3.8, 4) is 0 Å². The molecule has 1 aliphatic carbocycles. The van der Waals surface area contributed by atoms with Crippen molar-refractivity contribution in [1.82, 2.24) is 5.32 Å². The quantitative estimate of drug-likeness (QED) is 0.807. The van der Waals surface area contributed by atoms with E-state index in [1.165, 1.54) is 6.42 Å². The smallest absolute Gasteiger partial charge is 0.253 e. The molecule has 2 heterocycles. The molecular weight excluding hydrogens is 342 g/mol. The van der Waals surface area contributed by atoms with Gasteiger partial charge in [-0.2, -0.15) is 0 Å². The first-order chi connectivity index (χ1) is 13.2. The minimum absolute atomic E-state index is 0.0615. The van der Waals surface area contributed by atoms with E-state index < -0.39 is 0 Å². The minimum Gasteiger partial charge on any atom is -0.376 e. The Kier molecular flexibility index (Phi) is 5.62. The standard InChI is InChI=1S/C21H29N3O3/c25-20(15-6-7-15)23-16-8-9-19(24-10-2-1-3-11-24)18(13-16)21(26)22-14-17-5-4-12-27-17/h8-9,13,15,17H,1-7,10-12,14H2,(H,22,26)(H,23,25). The van der Waals surface area contributed by atoms with Gasteiger partial charge in [0.25, 0.3) is 5.91 Å². The van der Waals surface area contributed by atoms with Crippen molar-refractivity contribution < 1.29 is 14.3 Å². The Labute approximate surface area is 160 Å². The molecule has 27 heavy (non-hydrogen) atoms. The molecule has 4 rings (SSSR count). The topological polar surface area (TPSA) is 70.7 Å². The van der Waals surface area contributed by atoms with E-state index in [-0.39, 0.29) is 23.8 Å². The molecule has 3 aliphatic rings. The number of nitrogens with one attached hydrogen (secondary N) is 2. The number of amides is 2. The highest BCUT2D eigenvalue weighted by Gasteiger charge is 2.30. The highest BCUT2D eigenvalue weighted by Crippen LogP contribution is 2.32. The van der Waals surface area contributed by atoms with E-state index in [1.54, 1.807) is 0 Å². The number of ether oxygens (including phenoxy) is 1. The Morgan fingerprint density at radius 3 is 2.59 bits per heavy atom. The Morgan fingerprint density at radius 1 is 1.07 bits per heavy atom. The van der Waals surface area contributed by atoms with Crippen LogP contribution in [-0.4, -0.2) is 44.2 Å². The lowest BCUT2D eigenvalue weighted by Crippen LogP contribution is -2.35. The third kappa shape index (κ3) is 4.61. The van der Waals surface area contributed by atoms with Crippen LogP contribution >= 0.6 is 0 Å². The maximum Gasteiger partial charge on any atom is 0.253 e. The summed E-state index contributed by atoms with van der Waals surface area (Å²) in [4.78, 5) is 27.3. The van der Waals surface area contributed by atoms with E-state index in [4.69, 9.17) is 4.74 Å². The zero-order chi connectivity index (χ0) is 18.6. The highest BCUT2D eigenvalue weighted by molar-refractivity contribution is 6.02. The van der Waals surface area contributed by atoms with Gasteiger partial charge >= 0.3 is 0 Å². The van der Waals surface area contributed by atoms with Crippen LogP contribution in [-0.2, 0) is 9.53 Å². The molecule has 6 nitrogen and oxygen atoms in total. The molecule has 0 radical (unpaired) electrons. The summed E-state index contributed by atoms with van der Waals surface area (Å²) in [5.74, 6) is 0.114. The van der Waals surface area contributed by atoms with E-state index in [0.29, 0.717) is 17.8 Å². The second-order valence-electron chi connectivity index (χ2n) is 7.89. The minimum atomic E-state index is -0.0893. The van der Waals surface area contributed by atoms with Gasteiger partial charge in [-0.25, -0.2) is 0 Å². The van der Waals surface area contributed by atoms with Gasteiger partial charge in [0.2, 0.25) is 5.91 Å². The Bertz CT molecular complexity index is 690. The van der Waals surface area contributed by atoms with Gasteiger partial charge in [0.05, 0.1) is 11.7 Å². The monoisotopic (exact) mass is 371 g/mol. The molecule has 1 atom stereocenters. The zero-order valence-electron chi connectivity index (χ0n) is 15.8. The summed E-state index contributed by atoms with van der Waals surface area (Å²) in [7, 11) is 0. The second kappa shape index (κ2) is 8.30. The lowest BCUT2D eigenvalue weighted by atomic mass is 10.1. The molecule has 146 valence electrons. The van der Waals surface area contributed by atoms with Gasteiger partial charge in [-0.05, 0) is 63.1 Å². The normalized spacial score (nSPS) is 22.5. The number of anilines is 2. The third-order valence-corrected chi connectivity index (χ3v) is 5.67. The van der Waals surface area contributed by atoms with Crippen LogP contribution in [0.2, 0.25) is 0 Å². The molecule has 2 amide bonds. The zero-order valence-corrected chi connectivity index (χ0v) is 15.8. The van der Waals surface area contributed by atoms with Crippen molar-refractivity contribution in [2.75, 3.05) is 36.5 Å². The van der Waals surface area contributed by atoms with Crippen LogP contribution in [0.3, 0.4) is 0 Å². The molecule has 1 saturated carbocycles. The maximum absolute atomic E-state index is 12.9. The van der Waals surface area contributed by atoms with E-state index in [1.807, 2.05) is 18.2 Å². The first kappa shape index (κ1) is 18.3. The SMILES string of the molecule is O=C(NCC1CCCO1)c1cc(NC(=O)C2CC2)ccc1N1CCCCC1. The summed E-state index contributed by atoms with van der Waals surface area (Å²) >= 11 is 0. The number of piperidine rings is 1. The summed E-state index contributed by atoms with van der Waals surface area (Å²) < 4.78 is 5.61. The number of carbonyl (C=O) groups is 2. The van der Waals surface area contributed by atoms with E-state index in [9.17, 15) is 9.59 Å². The number of nitrogens with zero attached hydrogens (tertiary/aromatic N) is 1. The molecule has 2 N–H and O–H groups in total. The lowest BCUT2D eigenvalue weighted by Gasteiger charge is -2.30. The van der Waals surface area contributed by atoms with Crippen molar-refractivity contribution in [2.45, 2.75) is 51.0 Å². The molecule has 2 aliphatic heterocycles. The number of hydrogen-bond acceptors (Lipinski definition) is 4. The average molecular weight is 371 g/mol. The van der Waals surface area contributed by atoms with E-state index in [2.05, 4.69) is 15.5 Å². The summed E-state index contributed by atoms with van der Waals surface area (Å²) in [5, 5.41) is 6.00. The van der Waals surface area contributed by atoms with Gasteiger partial charge in [0.15, 0.2) is 0 Å². The summed E-state index contributed by atoms with van der Waals surface area (Å²) in [6.45, 7) is 3.26. The molecular formula is C21H29N3O3. The predicted octanol–water partition coefficient (Wildman–Crippen LogP) is 2.93. The van der Waals surface area contributed by atoms with Crippen LogP contribution in [0.5, 0.6) is 0 Å². The molecule has 2 saturated heterocycles. The molecule has 6 heteroatoms. The third-order valence-electron chi connectivity index (χ3n) is 5.67. The fourth-order valence-electron chi connectivity index (χ4n) is 3.90. The Balaban J connectivity index is 1.51. The van der Waals surface area contributed by atoms with Crippen molar-refractivity contribution in [3.05, 3.63) is 23.8 Å². The number of rotatable bonds is 6. The van der Waals surface area contributed by atoms with Gasteiger partial charge in [0, 0.05) is 43.5 Å². The molecule has 0 aromatic heterocycles. The molecule has 0 bridgehead atoms. The Morgan fingerprint density at radius 2 is 1.89 bits per heavy atom. The van der Waals surface area contributed by atoms with Crippen LogP contribution in [0.4, 0.5) is 11.4 Å². The molecule has 3 fully saturated rings. The number of hydrogen-bond donors (Lipinski definition) is 2. The fraction of sp³-hybridized carbons (Fsp3) is 0.619. The van der Waals surface area contributed by atoms with Gasteiger partial charge in [-0.3, -0.25) is 9.59 Å². The molecule has 1 aromatic rings. The fourth-order valence-corrected chi connectivity index (χ4v) is 3.90. The maximum atomic E-state index is 12.9. The van der Waals surface area contributed by atoms with E-state index in [0.717, 1.165) is 63.9 Å². The highest BCUT2D eigenvalue weighted by atomic mass is 16.5. The van der Waals surface area contributed by atoms with Crippen LogP contribution in [0, 0.1) is 5.92 Å². The summed E-state index contributed by atoms with van der Waals surface area (Å²) in [5.41, 5.74) is 2.31. The summed E-state index contributed by atoms with van der Waals surface area (Å²) in [6.07, 6.45) is 7.64. The van der Waals surface area contributed by atoms with Crippen molar-refractivity contribution in [1.29, 1.82) is 0 Å². The van der Waals surface area contributed by atoms with Gasteiger partial charge in [-0.15, -0.1) is 0 Å². The second-order valence-corrected chi connectivity index (χ2v) is 7.89. The van der Waals surface area contributed by atoms with Crippen LogP contribution in [0.15, 0.2) is 18.2 Å². The van der Waals surface area contributed by atoms with Crippen molar-refractivity contribution >= 4 is 23.2 Å². The Hall–Kier alpha value is -2.08. The van der Waals surface area contributed by atoms with Crippen molar-refractivity contribution in [3.63, 3.8) is 0 Å². The van der Waals surface area contributed by atoms with E-state index >= 15 is 0 Å². The number of carbonyl (C=O) groups excluding carboxylic acids is 2. The van der Waals surface area contributed by atoms with Crippen LogP contribution < -0.4 is 15.5 Å². The van der Waals surface area contributed by atoms with Crippen LogP contribution in [0.25, 0.3) is 0 Å². The molecule has 1 aromatic carbocycles. The first-order valence-corrected chi connectivity index (χ1v) is 10.3. The molecule has 0 spiro atoms. The number of benzene rings is 1. The first-order valence-electron chi connectivity index (χ1n) is 10.3. The van der Waals surface area contributed by atoms with Gasteiger partial charge in [-0.1, -0.05) is 0 Å². The van der Waals surface area contributed by atoms with Gasteiger partial charge < -0.3 is 20.3 Å². The predicted molar refractivity (Wildman–Crippen MR) is 105 cm³/mol.